The van der Waals surface area contributed by atoms with E-state index in [4.69, 9.17) is 10.8 Å². The first-order valence-electron chi connectivity index (χ1n) is 7.78. The lowest BCUT2D eigenvalue weighted by atomic mass is 10.2. The molecular weight excluding hydrogens is 260 g/mol. The number of aromatic nitrogens is 2. The quantitative estimate of drug-likeness (QED) is 0.858. The molecule has 1 aliphatic carbocycles. The highest BCUT2D eigenvalue weighted by Crippen LogP contribution is 2.28. The number of hydrogen-bond donors (Lipinski definition) is 1. The van der Waals surface area contributed by atoms with Crippen LogP contribution in [0.25, 0.3) is 0 Å². The Kier molecular flexibility index (Phi) is 4.25. The summed E-state index contributed by atoms with van der Waals surface area (Å²) in [7, 11) is 2.13. The lowest BCUT2D eigenvalue weighted by Crippen LogP contribution is -2.18. The van der Waals surface area contributed by atoms with E-state index in [1.165, 1.54) is 31.2 Å². The van der Waals surface area contributed by atoms with Crippen molar-refractivity contribution in [3.05, 3.63) is 47.8 Å². The third kappa shape index (κ3) is 3.64. The van der Waals surface area contributed by atoms with Gasteiger partial charge in [-0.1, -0.05) is 25.0 Å². The van der Waals surface area contributed by atoms with Crippen LogP contribution < -0.4 is 5.73 Å². The molecule has 1 saturated carbocycles. The van der Waals surface area contributed by atoms with Gasteiger partial charge in [-0.2, -0.15) is 5.10 Å². The number of nitrogens with two attached hydrogens (primary N) is 1. The summed E-state index contributed by atoms with van der Waals surface area (Å²) < 4.78 is 2.17. The maximum atomic E-state index is 5.72. The van der Waals surface area contributed by atoms with Crippen LogP contribution in [-0.2, 0) is 13.1 Å². The summed E-state index contributed by atoms with van der Waals surface area (Å²) in [4.78, 5) is 2.28. The minimum atomic E-state index is 0.626. The van der Waals surface area contributed by atoms with Crippen LogP contribution in [0.4, 0.5) is 5.69 Å². The molecule has 4 heteroatoms. The number of nitrogens with zero attached hydrogens (tertiary/aromatic N) is 3. The van der Waals surface area contributed by atoms with Crippen molar-refractivity contribution < 1.29 is 0 Å². The van der Waals surface area contributed by atoms with Crippen LogP contribution in [0, 0.1) is 0 Å². The zero-order valence-electron chi connectivity index (χ0n) is 12.7. The predicted octanol–water partition coefficient (Wildman–Crippen LogP) is 3.21. The Bertz CT molecular complexity index is 567. The molecule has 21 heavy (non-hydrogen) atoms. The fourth-order valence-corrected chi connectivity index (χ4v) is 3.10. The topological polar surface area (TPSA) is 47.1 Å². The molecule has 0 spiro atoms. The molecule has 0 atom stereocenters. The van der Waals surface area contributed by atoms with Gasteiger partial charge in [-0.3, -0.25) is 9.58 Å². The molecule has 1 aromatic heterocycles. The number of hydrogen-bond acceptors (Lipinski definition) is 3. The molecule has 0 aliphatic heterocycles. The molecule has 0 bridgehead atoms. The Morgan fingerprint density at radius 1 is 1.14 bits per heavy atom. The zero-order valence-corrected chi connectivity index (χ0v) is 12.7. The van der Waals surface area contributed by atoms with Crippen molar-refractivity contribution in [1.82, 2.24) is 14.7 Å². The van der Waals surface area contributed by atoms with Crippen molar-refractivity contribution >= 4 is 5.69 Å². The Hall–Kier alpha value is -1.81. The van der Waals surface area contributed by atoms with E-state index < -0.39 is 0 Å². The summed E-state index contributed by atoms with van der Waals surface area (Å²) in [5.74, 6) is 0. The van der Waals surface area contributed by atoms with Gasteiger partial charge in [0.05, 0.1) is 11.7 Å². The highest BCUT2D eigenvalue weighted by atomic mass is 15.3. The summed E-state index contributed by atoms with van der Waals surface area (Å²) >= 11 is 0. The van der Waals surface area contributed by atoms with Crippen molar-refractivity contribution in [2.45, 2.75) is 44.8 Å². The summed E-state index contributed by atoms with van der Waals surface area (Å²) in [6.45, 7) is 1.79. The largest absolute Gasteiger partial charge is 0.399 e. The molecule has 1 fully saturated rings. The van der Waals surface area contributed by atoms with E-state index in [9.17, 15) is 0 Å². The van der Waals surface area contributed by atoms with Crippen LogP contribution in [0.1, 0.15) is 43.0 Å². The number of benzene rings is 1. The van der Waals surface area contributed by atoms with Gasteiger partial charge in [-0.05, 0) is 43.7 Å². The van der Waals surface area contributed by atoms with Crippen molar-refractivity contribution in [2.24, 2.45) is 0 Å². The molecule has 112 valence electrons. The second-order valence-electron chi connectivity index (χ2n) is 6.14. The maximum Gasteiger partial charge on any atom is 0.0764 e. The van der Waals surface area contributed by atoms with Crippen molar-refractivity contribution in [3.63, 3.8) is 0 Å². The molecule has 1 aliphatic rings. The van der Waals surface area contributed by atoms with Gasteiger partial charge < -0.3 is 5.73 Å². The number of rotatable bonds is 5. The molecule has 1 aromatic carbocycles. The van der Waals surface area contributed by atoms with Gasteiger partial charge in [0.1, 0.15) is 0 Å². The van der Waals surface area contributed by atoms with Crippen molar-refractivity contribution in [1.29, 1.82) is 0 Å². The van der Waals surface area contributed by atoms with Gasteiger partial charge in [-0.15, -0.1) is 0 Å². The molecule has 1 heterocycles. The zero-order chi connectivity index (χ0) is 14.7. The van der Waals surface area contributed by atoms with Crippen molar-refractivity contribution in [2.75, 3.05) is 12.8 Å². The fraction of sp³-hybridized carbons (Fsp3) is 0.471. The molecule has 0 radical (unpaired) electrons. The lowest BCUT2D eigenvalue weighted by molar-refractivity contribution is 0.312. The summed E-state index contributed by atoms with van der Waals surface area (Å²) in [6.07, 6.45) is 7.39. The SMILES string of the molecule is CN(Cc1ccc(N)cc1)Cc1ccn(C2CCCC2)n1. The summed E-state index contributed by atoms with van der Waals surface area (Å²) in [5.41, 5.74) is 8.97. The van der Waals surface area contributed by atoms with Gasteiger partial charge >= 0.3 is 0 Å². The average molecular weight is 284 g/mol. The van der Waals surface area contributed by atoms with Crippen LogP contribution in [0.15, 0.2) is 36.5 Å². The highest BCUT2D eigenvalue weighted by Gasteiger charge is 2.17. The molecular formula is C17H24N4. The Morgan fingerprint density at radius 3 is 2.57 bits per heavy atom. The second-order valence-corrected chi connectivity index (χ2v) is 6.14. The van der Waals surface area contributed by atoms with E-state index in [2.05, 4.69) is 41.0 Å². The summed E-state index contributed by atoms with van der Waals surface area (Å²) in [6, 6.07) is 10.9. The van der Waals surface area contributed by atoms with E-state index in [1.54, 1.807) is 0 Å². The highest BCUT2D eigenvalue weighted by molar-refractivity contribution is 5.39. The predicted molar refractivity (Wildman–Crippen MR) is 85.8 cm³/mol. The Balaban J connectivity index is 1.56. The Morgan fingerprint density at radius 2 is 1.86 bits per heavy atom. The third-order valence-corrected chi connectivity index (χ3v) is 4.23. The van der Waals surface area contributed by atoms with Crippen LogP contribution in [0.2, 0.25) is 0 Å². The normalized spacial score (nSPS) is 15.9. The Labute approximate surface area is 126 Å². The first-order chi connectivity index (χ1) is 10.2. The standard InChI is InChI=1S/C17H24N4/c1-20(12-14-6-8-15(18)9-7-14)13-16-10-11-21(19-16)17-4-2-3-5-17/h6-11,17H,2-5,12-13,18H2,1H3. The van der Waals surface area contributed by atoms with E-state index in [1.807, 2.05) is 12.1 Å². The minimum absolute atomic E-state index is 0.626. The molecule has 0 saturated heterocycles. The molecule has 2 N–H and O–H groups in total. The van der Waals surface area contributed by atoms with Gasteiger partial charge in [-0.25, -0.2) is 0 Å². The smallest absolute Gasteiger partial charge is 0.0764 e. The fourth-order valence-electron chi connectivity index (χ4n) is 3.10. The van der Waals surface area contributed by atoms with E-state index in [-0.39, 0.29) is 0 Å². The molecule has 4 nitrogen and oxygen atoms in total. The minimum Gasteiger partial charge on any atom is -0.399 e. The van der Waals surface area contributed by atoms with Gasteiger partial charge in [0.2, 0.25) is 0 Å². The van der Waals surface area contributed by atoms with E-state index in [0.717, 1.165) is 24.5 Å². The van der Waals surface area contributed by atoms with Crippen LogP contribution in [-0.4, -0.2) is 21.7 Å². The van der Waals surface area contributed by atoms with Crippen molar-refractivity contribution in [3.8, 4) is 0 Å². The third-order valence-electron chi connectivity index (χ3n) is 4.23. The first-order valence-corrected chi connectivity index (χ1v) is 7.78. The number of nitrogen functional groups attached to an aromatic ring is 1. The van der Waals surface area contributed by atoms with Gasteiger partial charge in [0.15, 0.2) is 0 Å². The van der Waals surface area contributed by atoms with E-state index >= 15 is 0 Å². The van der Waals surface area contributed by atoms with E-state index in [0.29, 0.717) is 6.04 Å². The molecule has 3 rings (SSSR count). The van der Waals surface area contributed by atoms with Crippen LogP contribution in [0.5, 0.6) is 0 Å². The second kappa shape index (κ2) is 6.31. The average Bonchev–Trinajstić information content (AvgIpc) is 3.12. The number of anilines is 1. The lowest BCUT2D eigenvalue weighted by Gasteiger charge is -2.15. The van der Waals surface area contributed by atoms with Crippen LogP contribution in [0.3, 0.4) is 0 Å². The first kappa shape index (κ1) is 14.1. The van der Waals surface area contributed by atoms with Gasteiger partial charge in [0.25, 0.3) is 0 Å². The van der Waals surface area contributed by atoms with Gasteiger partial charge in [0, 0.05) is 25.0 Å². The monoisotopic (exact) mass is 284 g/mol. The van der Waals surface area contributed by atoms with Crippen LogP contribution >= 0.6 is 0 Å². The maximum absolute atomic E-state index is 5.72. The molecule has 0 amide bonds. The molecule has 2 aromatic rings. The summed E-state index contributed by atoms with van der Waals surface area (Å²) in [5, 5.41) is 4.74. The molecule has 0 unspecified atom stereocenters.